The van der Waals surface area contributed by atoms with Crippen molar-refractivity contribution in [3.05, 3.63) is 103 Å². The molecule has 3 aromatic heterocycles. The standard InChI is InChI=1S/C37H39N9O2/c1-4-33-38-18-12-32(42-33)34-30-22-29(10-11-31(30)43-44-34)41-36(47)37(48-3)15-21-45(24-37)23-25(2)46-19-13-27(14-20-46)26-6-8-28(9-7-26)35-39-16-5-17-40-35/h5-13,16-18,22H,2,4,14-15,19-21,23-24H2,1,3H3,(H,41,47)(H,43,44)/t37-/m0/s1. The predicted octanol–water partition coefficient (Wildman–Crippen LogP) is 5.37. The molecule has 0 radical (unpaired) electrons. The number of nitrogens with zero attached hydrogens (tertiary/aromatic N) is 7. The zero-order valence-corrected chi connectivity index (χ0v) is 27.3. The Morgan fingerprint density at radius 1 is 1.04 bits per heavy atom. The van der Waals surface area contributed by atoms with E-state index in [9.17, 15) is 4.79 Å². The summed E-state index contributed by atoms with van der Waals surface area (Å²) in [6.45, 7) is 10.0. The number of hydrogen-bond acceptors (Lipinski definition) is 9. The Labute approximate surface area is 279 Å². The average Bonchev–Trinajstić information content (AvgIpc) is 3.77. The lowest BCUT2D eigenvalue weighted by Crippen LogP contribution is -2.47. The number of benzene rings is 2. The number of amides is 1. The summed E-state index contributed by atoms with van der Waals surface area (Å²) in [4.78, 5) is 35.9. The minimum atomic E-state index is -0.955. The minimum Gasteiger partial charge on any atom is -0.370 e. The number of hydrogen-bond donors (Lipinski definition) is 2. The van der Waals surface area contributed by atoms with E-state index >= 15 is 0 Å². The third kappa shape index (κ3) is 6.34. The van der Waals surface area contributed by atoms with Gasteiger partial charge in [0.05, 0.1) is 11.2 Å². The number of carbonyl (C=O) groups is 1. The fourth-order valence-electron chi connectivity index (χ4n) is 6.53. The number of H-pyrrole nitrogens is 1. The molecule has 1 atom stereocenters. The van der Waals surface area contributed by atoms with Crippen molar-refractivity contribution in [1.82, 2.24) is 39.9 Å². The third-order valence-corrected chi connectivity index (χ3v) is 9.34. The molecule has 1 saturated heterocycles. The summed E-state index contributed by atoms with van der Waals surface area (Å²) < 4.78 is 5.93. The molecule has 5 aromatic rings. The SMILES string of the molecule is C=C(CN1CC[C@@](OC)(C(=O)Nc2ccc3[nH]nc(-c4ccnc(CC)n4)c3c2)C1)N1CC=C(c2ccc(-c3ncccn3)cc2)CC1. The van der Waals surface area contributed by atoms with Crippen molar-refractivity contribution in [2.75, 3.05) is 45.2 Å². The van der Waals surface area contributed by atoms with Crippen molar-refractivity contribution >= 4 is 28.1 Å². The number of likely N-dealkylation sites (tertiary alicyclic amines) is 1. The highest BCUT2D eigenvalue weighted by atomic mass is 16.5. The van der Waals surface area contributed by atoms with Gasteiger partial charge in [0, 0.05) is 87.2 Å². The molecule has 48 heavy (non-hydrogen) atoms. The highest BCUT2D eigenvalue weighted by Gasteiger charge is 2.45. The molecule has 0 bridgehead atoms. The second kappa shape index (κ2) is 13.5. The lowest BCUT2D eigenvalue weighted by atomic mass is 9.98. The van der Waals surface area contributed by atoms with Crippen LogP contribution in [-0.4, -0.2) is 91.3 Å². The molecule has 0 unspecified atom stereocenters. The molecule has 0 aliphatic carbocycles. The summed E-state index contributed by atoms with van der Waals surface area (Å²) in [5, 5.41) is 11.6. The van der Waals surface area contributed by atoms with E-state index in [1.165, 1.54) is 11.1 Å². The number of aromatic amines is 1. The molecular formula is C37H39N9O2. The van der Waals surface area contributed by atoms with Crippen LogP contribution in [0.5, 0.6) is 0 Å². The number of ether oxygens (including phenoxy) is 1. The monoisotopic (exact) mass is 641 g/mol. The second-order valence-electron chi connectivity index (χ2n) is 12.3. The number of carbonyl (C=O) groups excluding carboxylic acids is 1. The fourth-order valence-corrected chi connectivity index (χ4v) is 6.53. The molecule has 5 heterocycles. The van der Waals surface area contributed by atoms with Crippen LogP contribution in [0.2, 0.25) is 0 Å². The predicted molar refractivity (Wildman–Crippen MR) is 187 cm³/mol. The Balaban J connectivity index is 0.964. The first kappa shape index (κ1) is 31.3. The lowest BCUT2D eigenvalue weighted by molar-refractivity contribution is -0.136. The van der Waals surface area contributed by atoms with Gasteiger partial charge in [-0.2, -0.15) is 5.10 Å². The molecule has 244 valence electrons. The maximum absolute atomic E-state index is 13.7. The van der Waals surface area contributed by atoms with Gasteiger partial charge in [0.25, 0.3) is 5.91 Å². The molecule has 1 amide bonds. The van der Waals surface area contributed by atoms with Gasteiger partial charge in [-0.25, -0.2) is 19.9 Å². The van der Waals surface area contributed by atoms with Gasteiger partial charge in [-0.15, -0.1) is 0 Å². The molecule has 11 heteroatoms. The van der Waals surface area contributed by atoms with Crippen LogP contribution in [0, 0.1) is 0 Å². The Morgan fingerprint density at radius 2 is 1.85 bits per heavy atom. The number of nitrogens with one attached hydrogen (secondary N) is 2. The van der Waals surface area contributed by atoms with Gasteiger partial charge < -0.3 is 15.0 Å². The van der Waals surface area contributed by atoms with Crippen molar-refractivity contribution in [2.45, 2.75) is 31.8 Å². The number of rotatable bonds is 10. The Morgan fingerprint density at radius 3 is 2.60 bits per heavy atom. The first-order chi connectivity index (χ1) is 23.4. The summed E-state index contributed by atoms with van der Waals surface area (Å²) in [5.74, 6) is 1.33. The van der Waals surface area contributed by atoms with Gasteiger partial charge in [0.15, 0.2) is 11.4 Å². The van der Waals surface area contributed by atoms with Gasteiger partial charge in [0.2, 0.25) is 0 Å². The molecule has 7 rings (SSSR count). The number of aryl methyl sites for hydroxylation is 1. The molecule has 0 spiro atoms. The van der Waals surface area contributed by atoms with Gasteiger partial charge in [-0.3, -0.25) is 14.8 Å². The van der Waals surface area contributed by atoms with E-state index in [4.69, 9.17) is 4.74 Å². The molecule has 2 aromatic carbocycles. The molecule has 2 aliphatic heterocycles. The summed E-state index contributed by atoms with van der Waals surface area (Å²) in [6.07, 6.45) is 9.82. The van der Waals surface area contributed by atoms with Crippen LogP contribution in [0.15, 0.2) is 91.5 Å². The van der Waals surface area contributed by atoms with E-state index in [0.29, 0.717) is 25.2 Å². The van der Waals surface area contributed by atoms with Crippen LogP contribution in [0.25, 0.3) is 39.3 Å². The van der Waals surface area contributed by atoms with Crippen LogP contribution in [0.4, 0.5) is 5.69 Å². The van der Waals surface area contributed by atoms with Gasteiger partial charge >= 0.3 is 0 Å². The quantitative estimate of drug-likeness (QED) is 0.207. The van der Waals surface area contributed by atoms with E-state index in [2.05, 4.69) is 82.2 Å². The lowest BCUT2D eigenvalue weighted by Gasteiger charge is -2.33. The van der Waals surface area contributed by atoms with Gasteiger partial charge in [-0.1, -0.05) is 43.8 Å². The number of anilines is 1. The smallest absolute Gasteiger partial charge is 0.258 e. The van der Waals surface area contributed by atoms with Crippen LogP contribution in [0.1, 0.15) is 31.2 Å². The molecule has 0 saturated carbocycles. The number of fused-ring (bicyclic) bond motifs is 1. The number of aromatic nitrogens is 6. The van der Waals surface area contributed by atoms with Gasteiger partial charge in [0.1, 0.15) is 11.5 Å². The maximum atomic E-state index is 13.7. The van der Waals surface area contributed by atoms with Crippen LogP contribution < -0.4 is 5.32 Å². The summed E-state index contributed by atoms with van der Waals surface area (Å²) in [5.41, 5.74) is 6.66. The highest BCUT2D eigenvalue weighted by molar-refractivity contribution is 6.01. The molecule has 2 aliphatic rings. The normalized spacial score (nSPS) is 18.2. The van der Waals surface area contributed by atoms with Crippen LogP contribution in [0.3, 0.4) is 0 Å². The third-order valence-electron chi connectivity index (χ3n) is 9.34. The zero-order chi connectivity index (χ0) is 33.1. The Kier molecular flexibility index (Phi) is 8.79. The van der Waals surface area contributed by atoms with Crippen molar-refractivity contribution in [3.8, 4) is 22.8 Å². The van der Waals surface area contributed by atoms with E-state index in [-0.39, 0.29) is 5.91 Å². The van der Waals surface area contributed by atoms with Crippen molar-refractivity contribution in [3.63, 3.8) is 0 Å². The Bertz CT molecular complexity index is 1970. The van der Waals surface area contributed by atoms with Crippen molar-refractivity contribution in [1.29, 1.82) is 0 Å². The summed E-state index contributed by atoms with van der Waals surface area (Å²) >= 11 is 0. The maximum Gasteiger partial charge on any atom is 0.258 e. The van der Waals surface area contributed by atoms with Crippen molar-refractivity contribution in [2.24, 2.45) is 0 Å². The number of methoxy groups -OCH3 is 1. The van der Waals surface area contributed by atoms with E-state index in [0.717, 1.165) is 77.7 Å². The average molecular weight is 642 g/mol. The Hall–Kier alpha value is -5.26. The van der Waals surface area contributed by atoms with E-state index < -0.39 is 5.60 Å². The van der Waals surface area contributed by atoms with Gasteiger partial charge in [-0.05, 0) is 54.3 Å². The van der Waals surface area contributed by atoms with Crippen LogP contribution in [-0.2, 0) is 16.0 Å². The molecule has 2 N–H and O–H groups in total. The minimum absolute atomic E-state index is 0.159. The zero-order valence-electron chi connectivity index (χ0n) is 27.3. The largest absolute Gasteiger partial charge is 0.370 e. The van der Waals surface area contributed by atoms with E-state index in [1.807, 2.05) is 37.3 Å². The topological polar surface area (TPSA) is 125 Å². The summed E-state index contributed by atoms with van der Waals surface area (Å²) in [7, 11) is 1.62. The first-order valence-corrected chi connectivity index (χ1v) is 16.3. The molecule has 1 fully saturated rings. The second-order valence-corrected chi connectivity index (χ2v) is 12.3. The van der Waals surface area contributed by atoms with E-state index in [1.54, 1.807) is 25.7 Å². The van der Waals surface area contributed by atoms with Crippen molar-refractivity contribution < 1.29 is 9.53 Å². The fraction of sp³-hybridized carbons (Fsp3) is 0.297. The molecular weight excluding hydrogens is 602 g/mol. The molecule has 11 nitrogen and oxygen atoms in total. The first-order valence-electron chi connectivity index (χ1n) is 16.3. The highest BCUT2D eigenvalue weighted by Crippen LogP contribution is 2.31. The van der Waals surface area contributed by atoms with Crippen LogP contribution >= 0.6 is 0 Å². The summed E-state index contributed by atoms with van der Waals surface area (Å²) in [6, 6.07) is 17.9.